The topological polar surface area (TPSA) is 75.0 Å². The van der Waals surface area contributed by atoms with Crippen molar-refractivity contribution in [3.63, 3.8) is 0 Å². The quantitative estimate of drug-likeness (QED) is 0.488. The highest BCUT2D eigenvalue weighted by molar-refractivity contribution is 7.15. The smallest absolute Gasteiger partial charge is 0.291 e. The Bertz CT molecular complexity index is 1260. The molecule has 29 heavy (non-hydrogen) atoms. The van der Waals surface area contributed by atoms with Gasteiger partial charge in [-0.3, -0.25) is 4.79 Å². The molecule has 0 saturated heterocycles. The maximum absolute atomic E-state index is 12.8. The molecule has 0 radical (unpaired) electrons. The number of fused-ring (bicyclic) bond motifs is 1. The van der Waals surface area contributed by atoms with Crippen molar-refractivity contribution in [2.75, 3.05) is 20.8 Å². The predicted molar refractivity (Wildman–Crippen MR) is 112 cm³/mol. The first-order chi connectivity index (χ1) is 14.1. The normalized spacial score (nSPS) is 11.8. The van der Waals surface area contributed by atoms with E-state index in [1.165, 1.54) is 15.9 Å². The summed E-state index contributed by atoms with van der Waals surface area (Å²) < 4.78 is 18.1. The van der Waals surface area contributed by atoms with Crippen molar-refractivity contribution < 1.29 is 14.2 Å². The monoisotopic (exact) mass is 409 g/mol. The lowest BCUT2D eigenvalue weighted by molar-refractivity contribution is 0.340. The van der Waals surface area contributed by atoms with Crippen molar-refractivity contribution in [1.82, 2.24) is 14.6 Å². The van der Waals surface area contributed by atoms with E-state index in [1.807, 2.05) is 43.3 Å². The van der Waals surface area contributed by atoms with Crippen molar-refractivity contribution >= 4 is 22.4 Å². The van der Waals surface area contributed by atoms with E-state index in [1.54, 1.807) is 26.4 Å². The summed E-state index contributed by atoms with van der Waals surface area (Å²) in [5, 5.41) is 4.38. The highest BCUT2D eigenvalue weighted by Gasteiger charge is 2.13. The van der Waals surface area contributed by atoms with Crippen LogP contribution in [0.5, 0.6) is 17.2 Å². The van der Waals surface area contributed by atoms with Gasteiger partial charge in [0.15, 0.2) is 17.3 Å². The zero-order chi connectivity index (χ0) is 20.4. The van der Waals surface area contributed by atoms with Crippen LogP contribution in [0.15, 0.2) is 47.3 Å². The molecule has 0 aliphatic heterocycles. The van der Waals surface area contributed by atoms with Crippen molar-refractivity contribution in [1.29, 1.82) is 0 Å². The van der Waals surface area contributed by atoms with Crippen LogP contribution in [0.3, 0.4) is 0 Å². The summed E-state index contributed by atoms with van der Waals surface area (Å²) in [4.78, 5) is 17.9. The Labute approximate surface area is 170 Å². The number of aromatic nitrogens is 3. The molecule has 148 valence electrons. The van der Waals surface area contributed by atoms with Gasteiger partial charge in [0.05, 0.1) is 25.4 Å². The van der Waals surface area contributed by atoms with Crippen LogP contribution in [-0.4, -0.2) is 35.4 Å². The summed E-state index contributed by atoms with van der Waals surface area (Å²) >= 11 is 1.28. The summed E-state index contributed by atoms with van der Waals surface area (Å²) in [7, 11) is 3.14. The molecule has 0 aliphatic rings. The van der Waals surface area contributed by atoms with Crippen molar-refractivity contribution in [2.24, 2.45) is 0 Å². The van der Waals surface area contributed by atoms with Gasteiger partial charge in [-0.05, 0) is 43.3 Å². The zero-order valence-corrected chi connectivity index (χ0v) is 17.0. The van der Waals surface area contributed by atoms with Crippen molar-refractivity contribution in [3.05, 3.63) is 62.9 Å². The average molecular weight is 409 g/mol. The van der Waals surface area contributed by atoms with E-state index >= 15 is 0 Å². The van der Waals surface area contributed by atoms with Crippen molar-refractivity contribution in [3.8, 4) is 28.6 Å². The van der Waals surface area contributed by atoms with Crippen LogP contribution in [0.2, 0.25) is 0 Å². The van der Waals surface area contributed by atoms with E-state index in [0.29, 0.717) is 33.4 Å². The lowest BCUT2D eigenvalue weighted by atomic mass is 10.2. The number of ether oxygens (including phenoxy) is 3. The fraction of sp³-hybridized carbons (Fsp3) is 0.190. The minimum absolute atomic E-state index is 0.223. The van der Waals surface area contributed by atoms with Gasteiger partial charge in [0, 0.05) is 11.1 Å². The first-order valence-electron chi connectivity index (χ1n) is 9.00. The molecule has 2 heterocycles. The second-order valence-electron chi connectivity index (χ2n) is 6.09. The molecule has 0 unspecified atom stereocenters. The van der Waals surface area contributed by atoms with Gasteiger partial charge in [0.25, 0.3) is 5.56 Å². The van der Waals surface area contributed by atoms with Crippen LogP contribution in [0, 0.1) is 0 Å². The van der Waals surface area contributed by atoms with Crippen LogP contribution >= 0.6 is 11.3 Å². The number of thiazole rings is 1. The van der Waals surface area contributed by atoms with Gasteiger partial charge >= 0.3 is 0 Å². The number of para-hydroxylation sites is 1. The maximum atomic E-state index is 12.8. The Balaban J connectivity index is 1.74. The molecule has 7 nitrogen and oxygen atoms in total. The summed E-state index contributed by atoms with van der Waals surface area (Å²) in [6.45, 7) is 2.54. The summed E-state index contributed by atoms with van der Waals surface area (Å²) in [6, 6.07) is 13.0. The molecule has 4 aromatic rings. The first kappa shape index (κ1) is 18.9. The van der Waals surface area contributed by atoms with Gasteiger partial charge < -0.3 is 14.2 Å². The summed E-state index contributed by atoms with van der Waals surface area (Å²) in [6.07, 6.45) is 1.77. The molecule has 4 rings (SSSR count). The molecule has 0 spiro atoms. The largest absolute Gasteiger partial charge is 0.494 e. The van der Waals surface area contributed by atoms with Crippen LogP contribution in [0.1, 0.15) is 12.5 Å². The van der Waals surface area contributed by atoms with Gasteiger partial charge in [0.2, 0.25) is 4.96 Å². The highest BCUT2D eigenvalue weighted by Crippen LogP contribution is 2.31. The molecular weight excluding hydrogens is 390 g/mol. The van der Waals surface area contributed by atoms with E-state index in [9.17, 15) is 4.79 Å². The third kappa shape index (κ3) is 3.54. The molecule has 0 bridgehead atoms. The molecule has 0 aliphatic carbocycles. The minimum Gasteiger partial charge on any atom is -0.494 e. The van der Waals surface area contributed by atoms with Gasteiger partial charge in [-0.1, -0.05) is 23.5 Å². The highest BCUT2D eigenvalue weighted by atomic mass is 32.1. The molecule has 0 atom stereocenters. The Morgan fingerprint density at radius 3 is 2.55 bits per heavy atom. The minimum atomic E-state index is -0.223. The van der Waals surface area contributed by atoms with Crippen LogP contribution in [0.4, 0.5) is 0 Å². The molecule has 8 heteroatoms. The fourth-order valence-corrected chi connectivity index (χ4v) is 3.89. The standard InChI is InChI=1S/C21H19N3O4S/c1-4-28-15-10-8-13(9-11-15)19-22-21-24(23-19)20(25)17(29-21)12-14-6-5-7-16(26-2)18(14)27-3/h5-12H,4H2,1-3H3/b17-12-. The van der Waals surface area contributed by atoms with Gasteiger partial charge in [-0.15, -0.1) is 5.10 Å². The Morgan fingerprint density at radius 2 is 1.90 bits per heavy atom. The molecule has 2 aromatic carbocycles. The first-order valence-corrected chi connectivity index (χ1v) is 9.81. The third-order valence-electron chi connectivity index (χ3n) is 4.33. The Kier molecular flexibility index (Phi) is 5.18. The summed E-state index contributed by atoms with van der Waals surface area (Å²) in [5.74, 6) is 2.46. The van der Waals surface area contributed by atoms with Crippen LogP contribution in [-0.2, 0) is 0 Å². The number of methoxy groups -OCH3 is 2. The molecular formula is C21H19N3O4S. The van der Waals surface area contributed by atoms with Gasteiger partial charge in [-0.2, -0.15) is 9.50 Å². The van der Waals surface area contributed by atoms with Crippen LogP contribution < -0.4 is 24.3 Å². The maximum Gasteiger partial charge on any atom is 0.291 e. The lowest BCUT2D eigenvalue weighted by Gasteiger charge is -2.09. The number of nitrogens with zero attached hydrogens (tertiary/aromatic N) is 3. The van der Waals surface area contributed by atoms with Gasteiger partial charge in [-0.25, -0.2) is 0 Å². The molecule has 0 saturated carbocycles. The molecule has 0 amide bonds. The SMILES string of the molecule is CCOc1ccc(-c2nc3s/c(=C\c4cccc(OC)c4OC)c(=O)n3n2)cc1. The average Bonchev–Trinajstić information content (AvgIpc) is 3.28. The van der Waals surface area contributed by atoms with Crippen molar-refractivity contribution in [2.45, 2.75) is 6.92 Å². The van der Waals surface area contributed by atoms with Crippen LogP contribution in [0.25, 0.3) is 22.4 Å². The third-order valence-corrected chi connectivity index (χ3v) is 5.28. The lowest BCUT2D eigenvalue weighted by Crippen LogP contribution is -2.23. The van der Waals surface area contributed by atoms with E-state index < -0.39 is 0 Å². The van der Waals surface area contributed by atoms with E-state index in [2.05, 4.69) is 10.1 Å². The molecule has 2 aromatic heterocycles. The van der Waals surface area contributed by atoms with Gasteiger partial charge in [0.1, 0.15) is 5.75 Å². The second-order valence-corrected chi connectivity index (χ2v) is 7.09. The number of hydrogen-bond donors (Lipinski definition) is 0. The Hall–Kier alpha value is -3.39. The summed E-state index contributed by atoms with van der Waals surface area (Å²) in [5.41, 5.74) is 1.35. The molecule has 0 fully saturated rings. The van der Waals surface area contributed by atoms with E-state index in [-0.39, 0.29) is 5.56 Å². The Morgan fingerprint density at radius 1 is 1.10 bits per heavy atom. The predicted octanol–water partition coefficient (Wildman–Crippen LogP) is 2.78. The fourth-order valence-electron chi connectivity index (χ4n) is 2.99. The number of benzene rings is 2. The zero-order valence-electron chi connectivity index (χ0n) is 16.2. The van der Waals surface area contributed by atoms with E-state index in [0.717, 1.165) is 16.9 Å². The second kappa shape index (κ2) is 7.92. The van der Waals surface area contributed by atoms with E-state index in [4.69, 9.17) is 14.2 Å². The number of hydrogen-bond acceptors (Lipinski definition) is 7. The molecule has 0 N–H and O–H groups in total. The number of rotatable bonds is 6.